The molecule has 0 bridgehead atoms. The molecular weight excluding hydrogens is 408 g/mol. The van der Waals surface area contributed by atoms with Crippen LogP contribution in [0.1, 0.15) is 30.1 Å². The van der Waals surface area contributed by atoms with Gasteiger partial charge in [-0.1, -0.05) is 0 Å². The van der Waals surface area contributed by atoms with Crippen molar-refractivity contribution >= 4 is 29.3 Å². The minimum atomic E-state index is -0.864. The third-order valence-electron chi connectivity index (χ3n) is 7.44. The van der Waals surface area contributed by atoms with Crippen molar-refractivity contribution < 1.29 is 24.5 Å². The lowest BCUT2D eigenvalue weighted by Gasteiger charge is -2.52. The molecule has 3 aliphatic rings. The van der Waals surface area contributed by atoms with Gasteiger partial charge < -0.3 is 24.7 Å². The van der Waals surface area contributed by atoms with Gasteiger partial charge in [0, 0.05) is 42.9 Å². The second kappa shape index (κ2) is 8.04. The number of hydrogen-bond donors (Lipinski definition) is 3. The van der Waals surface area contributed by atoms with Crippen molar-refractivity contribution in [3.8, 4) is 5.75 Å². The third-order valence-corrected chi connectivity index (χ3v) is 7.44. The van der Waals surface area contributed by atoms with E-state index in [1.54, 1.807) is 7.11 Å². The molecule has 5 rings (SSSR count). The first kappa shape index (κ1) is 21.4. The van der Waals surface area contributed by atoms with Gasteiger partial charge in [0.2, 0.25) is 0 Å². The van der Waals surface area contributed by atoms with E-state index in [0.717, 1.165) is 37.2 Å². The minimum Gasteiger partial charge on any atom is -0.497 e. The molecule has 164 valence electrons. The van der Waals surface area contributed by atoms with E-state index in [9.17, 15) is 15.0 Å². The fourth-order valence-electron chi connectivity index (χ4n) is 6.15. The summed E-state index contributed by atoms with van der Waals surface area (Å²) in [6.07, 6.45) is 0.981. The molecule has 2 aliphatic heterocycles. The molecule has 8 heteroatoms. The van der Waals surface area contributed by atoms with Crippen LogP contribution in [-0.4, -0.2) is 65.6 Å². The lowest BCUT2D eigenvalue weighted by Crippen LogP contribution is -2.57. The number of nitrogens with one attached hydrogen (secondary N) is 1. The highest BCUT2D eigenvalue weighted by atomic mass is 35.5. The van der Waals surface area contributed by atoms with Crippen LogP contribution in [0.3, 0.4) is 0 Å². The molecule has 0 radical (unpaired) electrons. The van der Waals surface area contributed by atoms with Gasteiger partial charge in [0.1, 0.15) is 5.75 Å². The Morgan fingerprint density at radius 2 is 2.07 bits per heavy atom. The Morgan fingerprint density at radius 3 is 2.77 bits per heavy atom. The number of nitrogens with zero attached hydrogens (tertiary/aromatic N) is 1. The first-order valence-corrected chi connectivity index (χ1v) is 10.4. The number of hydrogen-bond acceptors (Lipinski definition) is 5. The van der Waals surface area contributed by atoms with E-state index < -0.39 is 24.1 Å². The van der Waals surface area contributed by atoms with Crippen LogP contribution in [0.5, 0.6) is 5.75 Å². The summed E-state index contributed by atoms with van der Waals surface area (Å²) in [7, 11) is 3.17. The molecule has 0 amide bonds. The van der Waals surface area contributed by atoms with E-state index in [1.165, 1.54) is 23.8 Å². The van der Waals surface area contributed by atoms with Crippen LogP contribution in [-0.2, 0) is 16.0 Å². The molecule has 1 saturated heterocycles. The zero-order valence-corrected chi connectivity index (χ0v) is 18.0. The van der Waals surface area contributed by atoms with Crippen molar-refractivity contribution in [2.45, 2.75) is 37.5 Å². The molecule has 7 nitrogen and oxygen atoms in total. The quantitative estimate of drug-likeness (QED) is 0.684. The third kappa shape index (κ3) is 3.19. The molecule has 3 N–H and O–H groups in total. The number of carbonyl (C=O) groups is 1. The van der Waals surface area contributed by atoms with Crippen LogP contribution in [0.4, 0.5) is 0 Å². The zero-order chi connectivity index (χ0) is 20.3. The van der Waals surface area contributed by atoms with E-state index in [0.29, 0.717) is 6.42 Å². The smallest absolute Gasteiger partial charge is 0.309 e. The monoisotopic (exact) mass is 436 g/mol. The van der Waals surface area contributed by atoms with E-state index in [-0.39, 0.29) is 30.3 Å². The van der Waals surface area contributed by atoms with Crippen molar-refractivity contribution in [2.75, 3.05) is 27.3 Å². The highest BCUT2D eigenvalue weighted by Crippen LogP contribution is 2.49. The standard InChI is InChI=1S/C22H28N2O5.ClH/c1-28-12-3-4-13-14-5-6-24-10-11-7-18(25)21(29-2)19(22(26)27)15(11)9-17(24)20(14)23-16(13)8-12;/h3-4,8,11,15,17-19,21,23,25H,5-7,9-10H2,1-2H3,(H,26,27);1H/t11-,15+,17-,18-,19+,21+;/m1./s1. The number of carboxylic acid groups (broad SMARTS) is 1. The number of carboxylic acids is 1. The summed E-state index contributed by atoms with van der Waals surface area (Å²) in [5, 5.41) is 21.7. The molecule has 2 fully saturated rings. The number of aliphatic hydroxyl groups is 1. The van der Waals surface area contributed by atoms with Crippen LogP contribution in [0.25, 0.3) is 10.9 Å². The lowest BCUT2D eigenvalue weighted by molar-refractivity contribution is -0.172. The number of methoxy groups -OCH3 is 2. The molecule has 0 spiro atoms. The number of benzene rings is 1. The predicted molar refractivity (Wildman–Crippen MR) is 114 cm³/mol. The highest BCUT2D eigenvalue weighted by molar-refractivity contribution is 5.86. The predicted octanol–water partition coefficient (Wildman–Crippen LogP) is 2.61. The Labute approximate surface area is 181 Å². The molecule has 1 aromatic heterocycles. The van der Waals surface area contributed by atoms with Crippen LogP contribution in [0.15, 0.2) is 18.2 Å². The topological polar surface area (TPSA) is 95.0 Å². The summed E-state index contributed by atoms with van der Waals surface area (Å²) in [5.41, 5.74) is 3.62. The van der Waals surface area contributed by atoms with Gasteiger partial charge in [-0.3, -0.25) is 9.69 Å². The fraction of sp³-hybridized carbons (Fsp3) is 0.591. The second-order valence-electron chi connectivity index (χ2n) is 8.72. The zero-order valence-electron chi connectivity index (χ0n) is 17.2. The molecule has 1 saturated carbocycles. The number of ether oxygens (including phenoxy) is 2. The number of piperidine rings is 1. The summed E-state index contributed by atoms with van der Waals surface area (Å²) in [4.78, 5) is 18.2. The summed E-state index contributed by atoms with van der Waals surface area (Å²) in [6, 6.07) is 6.31. The number of aliphatic carboxylic acids is 1. The maximum absolute atomic E-state index is 12.1. The number of H-pyrrole nitrogens is 1. The number of rotatable bonds is 3. The number of halogens is 1. The molecular formula is C22H29ClN2O5. The Morgan fingerprint density at radius 1 is 1.27 bits per heavy atom. The summed E-state index contributed by atoms with van der Waals surface area (Å²) in [5.74, 6) is -0.539. The molecule has 1 aromatic carbocycles. The van der Waals surface area contributed by atoms with Crippen LogP contribution in [0.2, 0.25) is 0 Å². The number of aliphatic hydroxyl groups excluding tert-OH is 1. The highest BCUT2D eigenvalue weighted by Gasteiger charge is 2.52. The van der Waals surface area contributed by atoms with Gasteiger partial charge in [-0.05, 0) is 48.8 Å². The van der Waals surface area contributed by atoms with Crippen molar-refractivity contribution in [3.05, 3.63) is 29.5 Å². The van der Waals surface area contributed by atoms with Crippen molar-refractivity contribution in [3.63, 3.8) is 0 Å². The van der Waals surface area contributed by atoms with Gasteiger partial charge in [-0.15, -0.1) is 12.4 Å². The fourth-order valence-corrected chi connectivity index (χ4v) is 6.15. The Kier molecular flexibility index (Phi) is 5.74. The van der Waals surface area contributed by atoms with E-state index in [1.807, 2.05) is 12.1 Å². The van der Waals surface area contributed by atoms with Gasteiger partial charge in [0.25, 0.3) is 0 Å². The molecule has 0 unspecified atom stereocenters. The van der Waals surface area contributed by atoms with E-state index >= 15 is 0 Å². The van der Waals surface area contributed by atoms with Crippen molar-refractivity contribution in [1.82, 2.24) is 9.88 Å². The lowest BCUT2D eigenvalue weighted by atomic mass is 9.64. The molecule has 6 atom stereocenters. The maximum atomic E-state index is 12.1. The Hall–Kier alpha value is -1.80. The minimum absolute atomic E-state index is 0. The molecule has 3 heterocycles. The van der Waals surface area contributed by atoms with Crippen molar-refractivity contribution in [2.24, 2.45) is 17.8 Å². The van der Waals surface area contributed by atoms with Gasteiger partial charge in [0.05, 0.1) is 31.3 Å². The maximum Gasteiger partial charge on any atom is 0.309 e. The average Bonchev–Trinajstić information content (AvgIpc) is 3.09. The van der Waals surface area contributed by atoms with Gasteiger partial charge in [0.15, 0.2) is 0 Å². The molecule has 1 aliphatic carbocycles. The summed E-state index contributed by atoms with van der Waals surface area (Å²) < 4.78 is 10.8. The molecule has 30 heavy (non-hydrogen) atoms. The summed E-state index contributed by atoms with van der Waals surface area (Å²) in [6.45, 7) is 1.78. The summed E-state index contributed by atoms with van der Waals surface area (Å²) >= 11 is 0. The SMILES string of the molecule is COc1ccc2c3c([nH]c2c1)[C@H]1C[C@H]2[C@H](C[C@@H](O)[C@H](OC)[C@H]2C(=O)O)CN1CC3.Cl. The van der Waals surface area contributed by atoms with Crippen LogP contribution in [0, 0.1) is 17.8 Å². The largest absolute Gasteiger partial charge is 0.497 e. The van der Waals surface area contributed by atoms with Gasteiger partial charge in [-0.25, -0.2) is 0 Å². The van der Waals surface area contributed by atoms with Crippen molar-refractivity contribution in [1.29, 1.82) is 0 Å². The first-order chi connectivity index (χ1) is 14.0. The second-order valence-corrected chi connectivity index (χ2v) is 8.72. The molecule has 2 aromatic rings. The Bertz CT molecular complexity index is 947. The number of aromatic amines is 1. The average molecular weight is 437 g/mol. The van der Waals surface area contributed by atoms with Crippen LogP contribution >= 0.6 is 12.4 Å². The van der Waals surface area contributed by atoms with Crippen LogP contribution < -0.4 is 4.74 Å². The van der Waals surface area contributed by atoms with Gasteiger partial charge >= 0.3 is 5.97 Å². The van der Waals surface area contributed by atoms with Gasteiger partial charge in [-0.2, -0.15) is 0 Å². The normalized spacial score (nSPS) is 33.2. The van der Waals surface area contributed by atoms with E-state index in [2.05, 4.69) is 16.0 Å². The number of fused-ring (bicyclic) bond motifs is 6. The first-order valence-electron chi connectivity index (χ1n) is 10.4. The Balaban J connectivity index is 0.00000218. The number of aromatic nitrogens is 1. The van der Waals surface area contributed by atoms with E-state index in [4.69, 9.17) is 9.47 Å².